The average Bonchev–Trinajstić information content (AvgIpc) is 2.57. The van der Waals surface area contributed by atoms with Crippen LogP contribution in [-0.2, 0) is 26.1 Å². The van der Waals surface area contributed by atoms with Crippen LogP contribution in [0.3, 0.4) is 0 Å². The van der Waals surface area contributed by atoms with Gasteiger partial charge in [0, 0.05) is 27.4 Å². The second kappa shape index (κ2) is 10.9. The van der Waals surface area contributed by atoms with E-state index in [1.807, 2.05) is 0 Å². The van der Waals surface area contributed by atoms with Crippen LogP contribution in [0.2, 0.25) is 6.04 Å². The van der Waals surface area contributed by atoms with Gasteiger partial charge in [-0.3, -0.25) is 0 Å². The highest BCUT2D eigenvalue weighted by Crippen LogP contribution is 2.14. The van der Waals surface area contributed by atoms with Crippen molar-refractivity contribution >= 4 is 8.80 Å². The molecule has 0 aliphatic rings. The molecule has 22 heavy (non-hydrogen) atoms. The Kier molecular flexibility index (Phi) is 9.54. The van der Waals surface area contributed by atoms with Crippen LogP contribution >= 0.6 is 0 Å². The highest BCUT2D eigenvalue weighted by Gasteiger charge is 2.36. The van der Waals surface area contributed by atoms with E-state index in [2.05, 4.69) is 29.6 Å². The predicted octanol–water partition coefficient (Wildman–Crippen LogP) is 1.59. The number of hydrogen-bond donors (Lipinski definition) is 2. The Labute approximate surface area is 135 Å². The Morgan fingerprint density at radius 1 is 0.909 bits per heavy atom. The van der Waals surface area contributed by atoms with Gasteiger partial charge in [-0.05, 0) is 50.0 Å². The quantitative estimate of drug-likeness (QED) is 0.451. The average molecular weight is 327 g/mol. The Morgan fingerprint density at radius 3 is 1.95 bits per heavy atom. The topological polar surface area (TPSA) is 65.7 Å². The molecule has 126 valence electrons. The molecule has 0 unspecified atom stereocenters. The summed E-state index contributed by atoms with van der Waals surface area (Å²) in [4.78, 5) is 0. The monoisotopic (exact) mass is 326 g/mol. The van der Waals surface area contributed by atoms with E-state index in [1.165, 1.54) is 11.1 Å². The van der Waals surface area contributed by atoms with E-state index in [4.69, 9.17) is 19.0 Å². The normalized spacial score (nSPS) is 11.8. The van der Waals surface area contributed by atoms with E-state index in [-0.39, 0.29) is 0 Å². The Morgan fingerprint density at radius 2 is 1.45 bits per heavy atom. The minimum absolute atomic E-state index is 0.704. The molecule has 0 saturated heterocycles. The van der Waals surface area contributed by atoms with Crippen molar-refractivity contribution < 1.29 is 13.3 Å². The predicted molar refractivity (Wildman–Crippen MR) is 92.0 cm³/mol. The summed E-state index contributed by atoms with van der Waals surface area (Å²) in [5, 5.41) is 3.45. The van der Waals surface area contributed by atoms with E-state index >= 15 is 0 Å². The van der Waals surface area contributed by atoms with Gasteiger partial charge in [0.2, 0.25) is 0 Å². The van der Waals surface area contributed by atoms with E-state index in [9.17, 15) is 0 Å². The smallest absolute Gasteiger partial charge is 0.377 e. The van der Waals surface area contributed by atoms with Gasteiger partial charge in [-0.2, -0.15) is 0 Å². The summed E-state index contributed by atoms with van der Waals surface area (Å²) < 4.78 is 16.2. The van der Waals surface area contributed by atoms with Crippen molar-refractivity contribution in [3.63, 3.8) is 0 Å². The lowest BCUT2D eigenvalue weighted by atomic mass is 10.1. The SMILES string of the molecule is CO[Si](CCCNCCc1ccc(CCN)cc1)(OC)OC. The molecule has 0 aromatic heterocycles. The maximum absolute atomic E-state index is 5.55. The summed E-state index contributed by atoms with van der Waals surface area (Å²) in [6.07, 6.45) is 2.96. The first-order valence-corrected chi connectivity index (χ1v) is 9.77. The Balaban J connectivity index is 2.17. The molecule has 0 spiro atoms. The van der Waals surface area contributed by atoms with Gasteiger partial charge in [-0.25, -0.2) is 0 Å². The van der Waals surface area contributed by atoms with Crippen LogP contribution in [0.15, 0.2) is 24.3 Å². The Bertz CT molecular complexity index is 389. The van der Waals surface area contributed by atoms with Gasteiger partial charge in [-0.15, -0.1) is 0 Å². The van der Waals surface area contributed by atoms with Gasteiger partial charge < -0.3 is 24.3 Å². The third kappa shape index (κ3) is 6.56. The molecule has 0 amide bonds. The molecule has 0 atom stereocenters. The zero-order valence-corrected chi connectivity index (χ0v) is 15.1. The van der Waals surface area contributed by atoms with Gasteiger partial charge in [0.05, 0.1) is 0 Å². The third-order valence-corrected chi connectivity index (χ3v) is 6.65. The number of nitrogens with two attached hydrogens (primary N) is 1. The fraction of sp³-hybridized carbons (Fsp3) is 0.625. The van der Waals surface area contributed by atoms with Crippen LogP contribution in [-0.4, -0.2) is 49.8 Å². The lowest BCUT2D eigenvalue weighted by Gasteiger charge is -2.24. The Hall–Kier alpha value is -0.763. The molecule has 0 bridgehead atoms. The largest absolute Gasteiger partial charge is 0.500 e. The molecule has 0 heterocycles. The molecule has 5 nitrogen and oxygen atoms in total. The summed E-state index contributed by atoms with van der Waals surface area (Å²) in [7, 11) is 2.56. The zero-order valence-electron chi connectivity index (χ0n) is 14.1. The van der Waals surface area contributed by atoms with Crippen LogP contribution in [0.1, 0.15) is 17.5 Å². The molecule has 0 fully saturated rings. The van der Waals surface area contributed by atoms with Crippen LogP contribution in [0.4, 0.5) is 0 Å². The van der Waals surface area contributed by atoms with E-state index in [0.717, 1.165) is 38.4 Å². The summed E-state index contributed by atoms with van der Waals surface area (Å²) in [6, 6.07) is 9.53. The second-order valence-electron chi connectivity index (χ2n) is 5.25. The first kappa shape index (κ1) is 19.3. The molecule has 0 saturated carbocycles. The van der Waals surface area contributed by atoms with Gasteiger partial charge in [-0.1, -0.05) is 24.3 Å². The number of nitrogens with one attached hydrogen (secondary N) is 1. The lowest BCUT2D eigenvalue weighted by molar-refractivity contribution is 0.123. The van der Waals surface area contributed by atoms with Crippen LogP contribution in [0.5, 0.6) is 0 Å². The van der Waals surface area contributed by atoms with Crippen LogP contribution in [0.25, 0.3) is 0 Å². The van der Waals surface area contributed by atoms with Crippen molar-refractivity contribution in [1.82, 2.24) is 5.32 Å². The van der Waals surface area contributed by atoms with E-state index < -0.39 is 8.80 Å². The van der Waals surface area contributed by atoms with Gasteiger partial charge in [0.25, 0.3) is 0 Å². The summed E-state index contributed by atoms with van der Waals surface area (Å²) in [5.41, 5.74) is 8.21. The highest BCUT2D eigenvalue weighted by molar-refractivity contribution is 6.60. The van der Waals surface area contributed by atoms with Crippen molar-refractivity contribution in [1.29, 1.82) is 0 Å². The molecule has 1 rings (SSSR count). The van der Waals surface area contributed by atoms with E-state index in [0.29, 0.717) is 6.54 Å². The molecule has 1 aromatic rings. The number of hydrogen-bond acceptors (Lipinski definition) is 5. The molecule has 3 N–H and O–H groups in total. The second-order valence-corrected chi connectivity index (χ2v) is 8.34. The van der Waals surface area contributed by atoms with Crippen molar-refractivity contribution in [3.05, 3.63) is 35.4 Å². The van der Waals surface area contributed by atoms with Gasteiger partial charge in [0.15, 0.2) is 0 Å². The molecule has 6 heteroatoms. The minimum atomic E-state index is -2.41. The molecule has 0 aliphatic carbocycles. The molecule has 0 radical (unpaired) electrons. The minimum Gasteiger partial charge on any atom is -0.377 e. The van der Waals surface area contributed by atoms with Gasteiger partial charge in [0.1, 0.15) is 0 Å². The van der Waals surface area contributed by atoms with Crippen molar-refractivity contribution in [3.8, 4) is 0 Å². The third-order valence-electron chi connectivity index (χ3n) is 3.82. The van der Waals surface area contributed by atoms with Crippen LogP contribution in [0, 0.1) is 0 Å². The summed E-state index contributed by atoms with van der Waals surface area (Å²) >= 11 is 0. The van der Waals surface area contributed by atoms with Crippen molar-refractivity contribution in [2.45, 2.75) is 25.3 Å². The highest BCUT2D eigenvalue weighted by atomic mass is 28.4. The maximum Gasteiger partial charge on any atom is 0.500 e. The van der Waals surface area contributed by atoms with Crippen molar-refractivity contribution in [2.75, 3.05) is 41.0 Å². The standard InChI is InChI=1S/C16H30N2O3Si/c1-19-22(20-2,21-3)14-4-12-18-13-10-16-7-5-15(6-8-16)9-11-17/h5-8,18H,4,9-14,17H2,1-3H3. The fourth-order valence-corrected chi connectivity index (χ4v) is 4.11. The fourth-order valence-electron chi connectivity index (χ4n) is 2.38. The number of rotatable bonds is 12. The lowest BCUT2D eigenvalue weighted by Crippen LogP contribution is -2.43. The number of benzene rings is 1. The summed E-state index contributed by atoms with van der Waals surface area (Å²) in [5.74, 6) is 0. The first-order valence-electron chi connectivity index (χ1n) is 7.83. The molecular weight excluding hydrogens is 296 g/mol. The van der Waals surface area contributed by atoms with Gasteiger partial charge >= 0.3 is 8.80 Å². The zero-order chi connectivity index (χ0) is 16.3. The molecule has 1 aromatic carbocycles. The van der Waals surface area contributed by atoms with E-state index in [1.54, 1.807) is 21.3 Å². The van der Waals surface area contributed by atoms with Crippen LogP contribution < -0.4 is 11.1 Å². The molecule has 0 aliphatic heterocycles. The summed E-state index contributed by atoms with van der Waals surface area (Å²) in [6.45, 7) is 2.62. The first-order chi connectivity index (χ1) is 10.7. The maximum atomic E-state index is 5.55. The van der Waals surface area contributed by atoms with Crippen molar-refractivity contribution in [2.24, 2.45) is 5.73 Å². The molecular formula is C16H30N2O3Si.